The molecule has 1 aromatic heterocycles. The van der Waals surface area contributed by atoms with E-state index in [1.54, 1.807) is 0 Å². The van der Waals surface area contributed by atoms with Crippen LogP contribution in [-0.4, -0.2) is 52.4 Å². The van der Waals surface area contributed by atoms with Crippen molar-refractivity contribution in [2.24, 2.45) is 17.6 Å². The minimum absolute atomic E-state index is 0.0191. The van der Waals surface area contributed by atoms with Crippen LogP contribution in [0, 0.1) is 18.8 Å². The molecule has 2 amide bonds. The summed E-state index contributed by atoms with van der Waals surface area (Å²) in [5.74, 6) is -0.182. The van der Waals surface area contributed by atoms with Gasteiger partial charge in [-0.1, -0.05) is 67.5 Å². The Bertz CT molecular complexity index is 1350. The first-order chi connectivity index (χ1) is 20.7. The number of carbonyl (C=O) groups excluding carboxylic acids is 2. The van der Waals surface area contributed by atoms with Gasteiger partial charge in [-0.25, -0.2) is 0 Å². The Morgan fingerprint density at radius 3 is 2.51 bits per heavy atom. The minimum Gasteiger partial charge on any atom is -0.481 e. The predicted octanol–water partition coefficient (Wildman–Crippen LogP) is 5.95. The molecule has 3 atom stereocenters. The second-order valence-electron chi connectivity index (χ2n) is 10.7. The van der Waals surface area contributed by atoms with Crippen molar-refractivity contribution >= 4 is 45.5 Å². The Morgan fingerprint density at radius 2 is 1.91 bits per heavy atom. The molecule has 2 aromatic carbocycles. The SMILES string of the molecule is CC1CCCN1C(=O)CNc1ccccc1.CCCCC/C=C\C1CC1C(=O)O.Cc1ccc2[nH]c(=O)sc2c1.NC=O. The Labute approximate surface area is 258 Å². The summed E-state index contributed by atoms with van der Waals surface area (Å²) >= 11 is 1.26. The number of nitrogens with zero attached hydrogens (tertiary/aromatic N) is 1. The number of allylic oxidation sites excluding steroid dienone is 2. The van der Waals surface area contributed by atoms with E-state index in [-0.39, 0.29) is 23.1 Å². The lowest BCUT2D eigenvalue weighted by Crippen LogP contribution is -2.37. The monoisotopic (exact) mass is 610 g/mol. The van der Waals surface area contributed by atoms with Gasteiger partial charge in [-0.15, -0.1) is 0 Å². The van der Waals surface area contributed by atoms with E-state index in [0.29, 0.717) is 18.5 Å². The molecule has 2 fully saturated rings. The number of para-hydroxylation sites is 1. The number of aryl methyl sites for hydroxylation is 1. The maximum atomic E-state index is 11.9. The number of primary amides is 1. The number of nitrogens with one attached hydrogen (secondary N) is 2. The molecule has 1 aliphatic heterocycles. The van der Waals surface area contributed by atoms with E-state index < -0.39 is 5.97 Å². The van der Waals surface area contributed by atoms with E-state index >= 15 is 0 Å². The van der Waals surface area contributed by atoms with E-state index in [9.17, 15) is 14.4 Å². The summed E-state index contributed by atoms with van der Waals surface area (Å²) in [5.41, 5.74) is 7.29. The molecule has 1 saturated carbocycles. The zero-order valence-corrected chi connectivity index (χ0v) is 26.3. The summed E-state index contributed by atoms with van der Waals surface area (Å²) in [4.78, 5) is 46.5. The summed E-state index contributed by atoms with van der Waals surface area (Å²) in [7, 11) is 0. The molecular formula is C33H46N4O5S. The van der Waals surface area contributed by atoms with Gasteiger partial charge in [-0.2, -0.15) is 0 Å². The molecule has 5 N–H and O–H groups in total. The maximum Gasteiger partial charge on any atom is 0.307 e. The number of aromatic nitrogens is 1. The number of thiazole rings is 1. The summed E-state index contributed by atoms with van der Waals surface area (Å²) in [5, 5.41) is 11.8. The number of unbranched alkanes of at least 4 members (excludes halogenated alkanes) is 3. The van der Waals surface area contributed by atoms with Crippen LogP contribution in [0.15, 0.2) is 65.5 Å². The van der Waals surface area contributed by atoms with Gasteiger partial charge in [0.05, 0.1) is 22.7 Å². The van der Waals surface area contributed by atoms with Gasteiger partial charge in [0, 0.05) is 18.3 Å². The number of fused-ring (bicyclic) bond motifs is 1. The van der Waals surface area contributed by atoms with Crippen molar-refractivity contribution in [2.45, 2.75) is 71.8 Å². The first kappa shape index (κ1) is 35.3. The zero-order valence-electron chi connectivity index (χ0n) is 25.5. The van der Waals surface area contributed by atoms with Crippen LogP contribution in [0.3, 0.4) is 0 Å². The van der Waals surface area contributed by atoms with E-state index in [4.69, 9.17) is 9.90 Å². The number of H-pyrrole nitrogens is 1. The van der Waals surface area contributed by atoms with E-state index in [1.165, 1.54) is 36.2 Å². The molecule has 1 saturated heterocycles. The number of nitrogens with two attached hydrogens (primary N) is 1. The number of carbonyl (C=O) groups is 3. The standard InChI is InChI=1S/C13H18N2O.C11H18O2.C8H7NOS.CH3NO/c1-11-6-5-9-15(11)13(16)10-14-12-7-3-2-4-8-12;1-2-3-4-5-6-7-9-8-10(9)11(12)13;1-5-2-3-6-7(4-5)11-8(10)9-6;2-1-3/h2-4,7-8,11,14H,5-6,9-10H2,1H3;6-7,9-10H,2-5,8H2,1H3,(H,12,13);2-4H,1H3,(H,9,10);1H,(H2,2,3)/b;7-6-;;. The predicted molar refractivity (Wildman–Crippen MR) is 175 cm³/mol. The molecule has 5 rings (SSSR count). The van der Waals surface area contributed by atoms with Crippen molar-refractivity contribution in [3.05, 3.63) is 75.9 Å². The molecular weight excluding hydrogens is 564 g/mol. The van der Waals surface area contributed by atoms with Gasteiger partial charge in [-0.05, 0) is 81.7 Å². The molecule has 0 bridgehead atoms. The van der Waals surface area contributed by atoms with Crippen molar-refractivity contribution in [3.8, 4) is 0 Å². The topological polar surface area (TPSA) is 146 Å². The highest BCUT2D eigenvalue weighted by Crippen LogP contribution is 2.39. The Morgan fingerprint density at radius 1 is 1.19 bits per heavy atom. The number of aliphatic carboxylic acids is 1. The molecule has 1 aliphatic carbocycles. The van der Waals surface area contributed by atoms with Gasteiger partial charge in [-0.3, -0.25) is 19.2 Å². The van der Waals surface area contributed by atoms with E-state index in [2.05, 4.69) is 42.0 Å². The molecule has 234 valence electrons. The maximum absolute atomic E-state index is 11.9. The van der Waals surface area contributed by atoms with Crippen molar-refractivity contribution in [1.29, 1.82) is 0 Å². The fourth-order valence-electron chi connectivity index (χ4n) is 4.69. The largest absolute Gasteiger partial charge is 0.481 e. The highest BCUT2D eigenvalue weighted by molar-refractivity contribution is 7.16. The van der Waals surface area contributed by atoms with Crippen LogP contribution in [0.2, 0.25) is 0 Å². The quantitative estimate of drug-likeness (QED) is 0.134. The van der Waals surface area contributed by atoms with E-state index in [1.807, 2.05) is 60.4 Å². The Balaban J connectivity index is 0.000000218. The summed E-state index contributed by atoms with van der Waals surface area (Å²) in [6.07, 6.45) is 12.5. The number of amides is 2. The number of carboxylic acid groups (broad SMARTS) is 1. The number of rotatable bonds is 9. The van der Waals surface area contributed by atoms with Crippen molar-refractivity contribution in [2.75, 3.05) is 18.4 Å². The van der Waals surface area contributed by atoms with Crippen LogP contribution < -0.4 is 15.9 Å². The molecule has 43 heavy (non-hydrogen) atoms. The van der Waals surface area contributed by atoms with Crippen molar-refractivity contribution in [1.82, 2.24) is 9.88 Å². The first-order valence-electron chi connectivity index (χ1n) is 14.9. The zero-order chi connectivity index (χ0) is 31.6. The second-order valence-corrected chi connectivity index (χ2v) is 11.7. The fourth-order valence-corrected chi connectivity index (χ4v) is 5.52. The fraction of sp³-hybridized carbons (Fsp3) is 0.455. The Kier molecular flexibility index (Phi) is 15.8. The van der Waals surface area contributed by atoms with Crippen LogP contribution >= 0.6 is 11.3 Å². The lowest BCUT2D eigenvalue weighted by molar-refractivity contribution is -0.138. The average Bonchev–Trinajstić information content (AvgIpc) is 3.49. The third-order valence-electron chi connectivity index (χ3n) is 7.18. The van der Waals surface area contributed by atoms with Gasteiger partial charge in [0.2, 0.25) is 12.3 Å². The lowest BCUT2D eigenvalue weighted by atomic mass is 10.2. The van der Waals surface area contributed by atoms with Crippen LogP contribution in [-0.2, 0) is 14.4 Å². The number of hydrogen-bond acceptors (Lipinski definition) is 6. The van der Waals surface area contributed by atoms with E-state index in [0.717, 1.165) is 48.1 Å². The van der Waals surface area contributed by atoms with Gasteiger partial charge < -0.3 is 26.0 Å². The number of anilines is 1. The lowest BCUT2D eigenvalue weighted by Gasteiger charge is -2.21. The average molecular weight is 611 g/mol. The third kappa shape index (κ3) is 13.3. The number of likely N-dealkylation sites (tertiary alicyclic amines) is 1. The molecule has 2 aliphatic rings. The molecule has 10 heteroatoms. The molecule has 3 unspecified atom stereocenters. The normalized spacial score (nSPS) is 18.4. The summed E-state index contributed by atoms with van der Waals surface area (Å²) < 4.78 is 1.04. The third-order valence-corrected chi connectivity index (χ3v) is 8.03. The molecule has 0 radical (unpaired) electrons. The molecule has 2 heterocycles. The number of benzene rings is 2. The summed E-state index contributed by atoms with van der Waals surface area (Å²) in [6.45, 7) is 7.63. The highest BCUT2D eigenvalue weighted by atomic mass is 32.1. The summed E-state index contributed by atoms with van der Waals surface area (Å²) in [6, 6.07) is 16.2. The minimum atomic E-state index is -0.636. The van der Waals surface area contributed by atoms with Gasteiger partial charge in [0.1, 0.15) is 0 Å². The van der Waals surface area contributed by atoms with Gasteiger partial charge in [0.15, 0.2) is 0 Å². The van der Waals surface area contributed by atoms with Gasteiger partial charge >= 0.3 is 10.8 Å². The van der Waals surface area contributed by atoms with Crippen LogP contribution in [0.25, 0.3) is 10.2 Å². The first-order valence-corrected chi connectivity index (χ1v) is 15.7. The van der Waals surface area contributed by atoms with Crippen molar-refractivity contribution < 1.29 is 19.5 Å². The highest BCUT2D eigenvalue weighted by Gasteiger charge is 2.40. The van der Waals surface area contributed by atoms with Crippen LogP contribution in [0.4, 0.5) is 5.69 Å². The smallest absolute Gasteiger partial charge is 0.307 e. The molecule has 9 nitrogen and oxygen atoms in total. The van der Waals surface area contributed by atoms with Crippen molar-refractivity contribution in [3.63, 3.8) is 0 Å². The number of hydrogen-bond donors (Lipinski definition) is 4. The second kappa shape index (κ2) is 19.3. The van der Waals surface area contributed by atoms with Crippen LogP contribution in [0.1, 0.15) is 64.4 Å². The van der Waals surface area contributed by atoms with Gasteiger partial charge in [0.25, 0.3) is 0 Å². The number of aromatic amines is 1. The molecule has 0 spiro atoms. The Hall–Kier alpha value is -3.92. The van der Waals surface area contributed by atoms with Crippen LogP contribution in [0.5, 0.6) is 0 Å². The number of carboxylic acids is 1. The molecule has 3 aromatic rings.